The molecule has 2 heterocycles. The molecule has 0 fully saturated rings. The molecule has 1 aromatic carbocycles. The van der Waals surface area contributed by atoms with Crippen LogP contribution in [0.1, 0.15) is 32.3 Å². The molecule has 0 spiro atoms. The average Bonchev–Trinajstić information content (AvgIpc) is 3.06. The second-order valence-electron chi connectivity index (χ2n) is 5.87. The molecule has 3 aromatic rings. The van der Waals surface area contributed by atoms with Crippen LogP contribution in [0, 0.1) is 20.8 Å². The molecule has 1 N–H and O–H groups in total. The Morgan fingerprint density at radius 2 is 1.96 bits per heavy atom. The van der Waals surface area contributed by atoms with E-state index in [0.29, 0.717) is 22.1 Å². The van der Waals surface area contributed by atoms with Gasteiger partial charge in [-0.05, 0) is 26.8 Å². The molecule has 0 atom stereocenters. The van der Waals surface area contributed by atoms with Crippen LogP contribution >= 0.6 is 22.9 Å². The van der Waals surface area contributed by atoms with Gasteiger partial charge in [-0.3, -0.25) is 9.48 Å². The van der Waals surface area contributed by atoms with Gasteiger partial charge in [0.05, 0.1) is 16.4 Å². The fourth-order valence-corrected chi connectivity index (χ4v) is 3.98. The Kier molecular flexibility index (Phi) is 4.92. The maximum atomic E-state index is 12.6. The number of rotatable bonds is 4. The first kappa shape index (κ1) is 17.6. The molecular formula is C18H19ClN4OS. The van der Waals surface area contributed by atoms with Gasteiger partial charge in [0.2, 0.25) is 0 Å². The predicted octanol–water partition coefficient (Wildman–Crippen LogP) is 4.05. The summed E-state index contributed by atoms with van der Waals surface area (Å²) in [5.41, 5.74) is 4.57. The van der Waals surface area contributed by atoms with E-state index in [1.807, 2.05) is 56.8 Å². The Morgan fingerprint density at radius 3 is 2.60 bits per heavy atom. The standard InChI is InChI=1S/C18H19ClN4OS/c1-10-14(12(3)23(4)22-10)9-20-17(24)16-11(2)21-18(25-16)13-7-5-6-8-15(13)19/h5-8H,9H2,1-4H3,(H,20,24). The van der Waals surface area contributed by atoms with Gasteiger partial charge in [0.15, 0.2) is 0 Å². The van der Waals surface area contributed by atoms with Crippen LogP contribution in [-0.4, -0.2) is 20.7 Å². The number of benzene rings is 1. The Morgan fingerprint density at radius 1 is 1.24 bits per heavy atom. The molecular weight excluding hydrogens is 356 g/mol. The predicted molar refractivity (Wildman–Crippen MR) is 101 cm³/mol. The third-order valence-corrected chi connectivity index (χ3v) is 5.71. The molecule has 3 rings (SSSR count). The Bertz CT molecular complexity index is 945. The van der Waals surface area contributed by atoms with E-state index in [9.17, 15) is 4.79 Å². The van der Waals surface area contributed by atoms with Crippen LogP contribution in [0.3, 0.4) is 0 Å². The first-order valence-corrected chi connectivity index (χ1v) is 9.07. The van der Waals surface area contributed by atoms with Gasteiger partial charge in [0.1, 0.15) is 9.88 Å². The molecule has 0 saturated carbocycles. The molecule has 5 nitrogen and oxygen atoms in total. The monoisotopic (exact) mass is 374 g/mol. The highest BCUT2D eigenvalue weighted by atomic mass is 35.5. The van der Waals surface area contributed by atoms with E-state index in [0.717, 1.165) is 27.5 Å². The zero-order valence-electron chi connectivity index (χ0n) is 14.6. The average molecular weight is 375 g/mol. The van der Waals surface area contributed by atoms with E-state index in [-0.39, 0.29) is 5.91 Å². The van der Waals surface area contributed by atoms with Gasteiger partial charge >= 0.3 is 0 Å². The van der Waals surface area contributed by atoms with Crippen molar-refractivity contribution in [1.82, 2.24) is 20.1 Å². The van der Waals surface area contributed by atoms with Crippen molar-refractivity contribution in [2.24, 2.45) is 7.05 Å². The number of hydrogen-bond acceptors (Lipinski definition) is 4. The van der Waals surface area contributed by atoms with E-state index < -0.39 is 0 Å². The number of thiazole rings is 1. The zero-order chi connectivity index (χ0) is 18.1. The van der Waals surface area contributed by atoms with Crippen molar-refractivity contribution in [3.8, 4) is 10.6 Å². The molecule has 0 aliphatic carbocycles. The van der Waals surface area contributed by atoms with Crippen LogP contribution in [0.4, 0.5) is 0 Å². The number of carbonyl (C=O) groups excluding carboxylic acids is 1. The summed E-state index contributed by atoms with van der Waals surface area (Å²) in [5, 5.41) is 8.73. The molecule has 130 valence electrons. The van der Waals surface area contributed by atoms with Crippen LogP contribution in [-0.2, 0) is 13.6 Å². The SMILES string of the molecule is Cc1nc(-c2ccccc2Cl)sc1C(=O)NCc1c(C)nn(C)c1C. The minimum Gasteiger partial charge on any atom is -0.347 e. The molecule has 0 aliphatic rings. The van der Waals surface area contributed by atoms with E-state index >= 15 is 0 Å². The van der Waals surface area contributed by atoms with Crippen LogP contribution in [0.5, 0.6) is 0 Å². The van der Waals surface area contributed by atoms with E-state index in [1.54, 1.807) is 0 Å². The van der Waals surface area contributed by atoms with Gasteiger partial charge in [-0.1, -0.05) is 29.8 Å². The molecule has 0 saturated heterocycles. The van der Waals surface area contributed by atoms with E-state index in [2.05, 4.69) is 15.4 Å². The van der Waals surface area contributed by atoms with Gasteiger partial charge in [0.25, 0.3) is 5.91 Å². The Hall–Kier alpha value is -2.18. The highest BCUT2D eigenvalue weighted by molar-refractivity contribution is 7.17. The van der Waals surface area contributed by atoms with Gasteiger partial charge in [0, 0.05) is 30.4 Å². The van der Waals surface area contributed by atoms with Crippen LogP contribution in [0.2, 0.25) is 5.02 Å². The number of halogens is 1. The largest absolute Gasteiger partial charge is 0.347 e. The summed E-state index contributed by atoms with van der Waals surface area (Å²) in [6, 6.07) is 7.51. The summed E-state index contributed by atoms with van der Waals surface area (Å²) < 4.78 is 1.82. The summed E-state index contributed by atoms with van der Waals surface area (Å²) >= 11 is 7.59. The molecule has 1 amide bonds. The van der Waals surface area contributed by atoms with E-state index in [1.165, 1.54) is 11.3 Å². The molecule has 0 radical (unpaired) electrons. The molecule has 7 heteroatoms. The maximum absolute atomic E-state index is 12.6. The second-order valence-corrected chi connectivity index (χ2v) is 7.28. The third kappa shape index (κ3) is 3.45. The first-order chi connectivity index (χ1) is 11.9. The third-order valence-electron chi connectivity index (χ3n) is 4.19. The van der Waals surface area contributed by atoms with Gasteiger partial charge in [-0.25, -0.2) is 4.98 Å². The number of amides is 1. The number of carbonyl (C=O) groups is 1. The molecule has 25 heavy (non-hydrogen) atoms. The number of hydrogen-bond donors (Lipinski definition) is 1. The summed E-state index contributed by atoms with van der Waals surface area (Å²) in [6.45, 7) is 6.23. The minimum absolute atomic E-state index is 0.129. The normalized spacial score (nSPS) is 10.9. The fourth-order valence-electron chi connectivity index (χ4n) is 2.68. The molecule has 0 unspecified atom stereocenters. The van der Waals surface area contributed by atoms with Crippen molar-refractivity contribution in [2.75, 3.05) is 0 Å². The number of aromatic nitrogens is 3. The fraction of sp³-hybridized carbons (Fsp3) is 0.278. The van der Waals surface area contributed by atoms with Crippen LogP contribution in [0.25, 0.3) is 10.6 Å². The van der Waals surface area contributed by atoms with Gasteiger partial charge in [-0.2, -0.15) is 5.10 Å². The maximum Gasteiger partial charge on any atom is 0.263 e. The lowest BCUT2D eigenvalue weighted by Gasteiger charge is -2.05. The first-order valence-electron chi connectivity index (χ1n) is 7.88. The molecule has 0 bridgehead atoms. The highest BCUT2D eigenvalue weighted by Crippen LogP contribution is 2.32. The number of nitrogens with zero attached hydrogens (tertiary/aromatic N) is 3. The van der Waals surface area contributed by atoms with Crippen molar-refractivity contribution in [1.29, 1.82) is 0 Å². The van der Waals surface area contributed by atoms with Gasteiger partial charge in [-0.15, -0.1) is 11.3 Å². The van der Waals surface area contributed by atoms with E-state index in [4.69, 9.17) is 11.6 Å². The van der Waals surface area contributed by atoms with Crippen molar-refractivity contribution in [3.05, 3.63) is 56.8 Å². The molecule has 0 aliphatic heterocycles. The van der Waals surface area contributed by atoms with Crippen LogP contribution < -0.4 is 5.32 Å². The smallest absolute Gasteiger partial charge is 0.263 e. The lowest BCUT2D eigenvalue weighted by Crippen LogP contribution is -2.23. The number of aryl methyl sites for hydroxylation is 3. The van der Waals surface area contributed by atoms with Crippen molar-refractivity contribution < 1.29 is 4.79 Å². The second kappa shape index (κ2) is 6.98. The summed E-state index contributed by atoms with van der Waals surface area (Å²) in [6.07, 6.45) is 0. The van der Waals surface area contributed by atoms with Gasteiger partial charge < -0.3 is 5.32 Å². The quantitative estimate of drug-likeness (QED) is 0.749. The molecule has 2 aromatic heterocycles. The lowest BCUT2D eigenvalue weighted by molar-refractivity contribution is 0.0954. The number of nitrogens with one attached hydrogen (secondary N) is 1. The van der Waals surface area contributed by atoms with Crippen molar-refractivity contribution in [3.63, 3.8) is 0 Å². The van der Waals surface area contributed by atoms with Crippen molar-refractivity contribution >= 4 is 28.8 Å². The summed E-state index contributed by atoms with van der Waals surface area (Å²) in [4.78, 5) is 17.7. The van der Waals surface area contributed by atoms with Crippen LogP contribution in [0.15, 0.2) is 24.3 Å². The Balaban J connectivity index is 1.80. The summed E-state index contributed by atoms with van der Waals surface area (Å²) in [5.74, 6) is -0.129. The minimum atomic E-state index is -0.129. The van der Waals surface area contributed by atoms with Crippen molar-refractivity contribution in [2.45, 2.75) is 27.3 Å². The summed E-state index contributed by atoms with van der Waals surface area (Å²) in [7, 11) is 1.90. The lowest BCUT2D eigenvalue weighted by atomic mass is 10.2. The Labute approximate surface area is 155 Å². The zero-order valence-corrected chi connectivity index (χ0v) is 16.1. The highest BCUT2D eigenvalue weighted by Gasteiger charge is 2.18. The topological polar surface area (TPSA) is 59.8 Å².